The normalized spacial score (nSPS) is 11.6. The van der Waals surface area contributed by atoms with E-state index in [0.717, 1.165) is 11.4 Å². The molecule has 0 aliphatic heterocycles. The van der Waals surface area contributed by atoms with Gasteiger partial charge in [0.1, 0.15) is 0 Å². The van der Waals surface area contributed by atoms with Gasteiger partial charge < -0.3 is 4.90 Å². The Morgan fingerprint density at radius 1 is 0.309 bits per heavy atom. The average molecular weight is 736 g/mol. The van der Waals surface area contributed by atoms with Gasteiger partial charge in [-0.25, -0.2) is 0 Å². The Hall–Kier alpha value is -6.52. The van der Waals surface area contributed by atoms with Crippen LogP contribution in [0.4, 0.5) is 17.1 Å². The van der Waals surface area contributed by atoms with Gasteiger partial charge in [0.2, 0.25) is 0 Å². The molecule has 0 fully saturated rings. The van der Waals surface area contributed by atoms with Gasteiger partial charge in [-0.15, -0.1) is 22.7 Å². The Morgan fingerprint density at radius 2 is 0.855 bits per heavy atom. The molecule has 2 heterocycles. The van der Waals surface area contributed by atoms with E-state index < -0.39 is 0 Å². The smallest absolute Gasteiger partial charge is 0.0718 e. The van der Waals surface area contributed by atoms with Crippen molar-refractivity contribution in [2.24, 2.45) is 0 Å². The van der Waals surface area contributed by atoms with Crippen LogP contribution in [0.3, 0.4) is 0 Å². The third-order valence-electron chi connectivity index (χ3n) is 10.9. The lowest BCUT2D eigenvalue weighted by Gasteiger charge is -2.29. The number of benzene rings is 9. The van der Waals surface area contributed by atoms with Gasteiger partial charge in [0.15, 0.2) is 0 Å². The van der Waals surface area contributed by atoms with Crippen LogP contribution in [0.15, 0.2) is 200 Å². The SMILES string of the molecule is c1ccc(-c2ccc3cc(N(c4ccc(-c5ccc6sc7ccccc7c6c5)cc4)c4c(-c5ccccc5)ccc5c4sc4ccccc45)ccc3c2)cc1. The minimum absolute atomic E-state index is 1.12. The zero-order valence-corrected chi connectivity index (χ0v) is 31.4. The lowest BCUT2D eigenvalue weighted by Crippen LogP contribution is -2.11. The molecule has 2 aromatic heterocycles. The maximum atomic E-state index is 2.49. The first-order valence-corrected chi connectivity index (χ1v) is 20.3. The van der Waals surface area contributed by atoms with Gasteiger partial charge in [-0.2, -0.15) is 0 Å². The summed E-state index contributed by atoms with van der Waals surface area (Å²) in [5.41, 5.74) is 10.7. The summed E-state index contributed by atoms with van der Waals surface area (Å²) in [4.78, 5) is 2.49. The molecule has 3 heteroatoms. The van der Waals surface area contributed by atoms with E-state index in [4.69, 9.17) is 0 Å². The minimum atomic E-state index is 1.12. The van der Waals surface area contributed by atoms with Crippen molar-refractivity contribution >= 4 is 90.9 Å². The van der Waals surface area contributed by atoms with Gasteiger partial charge in [0.05, 0.1) is 10.4 Å². The first kappa shape index (κ1) is 32.0. The van der Waals surface area contributed by atoms with Crippen molar-refractivity contribution in [1.29, 1.82) is 0 Å². The molecule has 0 radical (unpaired) electrons. The van der Waals surface area contributed by atoms with E-state index in [1.807, 2.05) is 22.7 Å². The molecular formula is C52H33NS2. The Labute approximate surface area is 327 Å². The first-order chi connectivity index (χ1) is 27.2. The monoisotopic (exact) mass is 735 g/mol. The molecule has 0 saturated carbocycles. The summed E-state index contributed by atoms with van der Waals surface area (Å²) in [7, 11) is 0. The Bertz CT molecular complexity index is 3190. The molecule has 55 heavy (non-hydrogen) atoms. The van der Waals surface area contributed by atoms with Gasteiger partial charge in [-0.1, -0.05) is 146 Å². The van der Waals surface area contributed by atoms with Gasteiger partial charge in [0.25, 0.3) is 0 Å². The van der Waals surface area contributed by atoms with Crippen LogP contribution < -0.4 is 4.90 Å². The molecule has 0 bridgehead atoms. The van der Waals surface area contributed by atoms with E-state index in [-0.39, 0.29) is 0 Å². The highest BCUT2D eigenvalue weighted by Crippen LogP contribution is 2.50. The molecule has 0 amide bonds. The number of fused-ring (bicyclic) bond motifs is 7. The van der Waals surface area contributed by atoms with Crippen molar-refractivity contribution in [3.63, 3.8) is 0 Å². The van der Waals surface area contributed by atoms with Crippen LogP contribution in [-0.2, 0) is 0 Å². The number of thiophene rings is 2. The molecule has 9 aromatic carbocycles. The maximum Gasteiger partial charge on any atom is 0.0718 e. The van der Waals surface area contributed by atoms with Crippen molar-refractivity contribution < 1.29 is 0 Å². The maximum absolute atomic E-state index is 2.49. The van der Waals surface area contributed by atoms with Crippen LogP contribution in [0, 0.1) is 0 Å². The molecule has 258 valence electrons. The van der Waals surface area contributed by atoms with E-state index in [2.05, 4.69) is 205 Å². The van der Waals surface area contributed by atoms with Crippen LogP contribution in [0.2, 0.25) is 0 Å². The van der Waals surface area contributed by atoms with Crippen LogP contribution in [-0.4, -0.2) is 0 Å². The lowest BCUT2D eigenvalue weighted by molar-refractivity contribution is 1.31. The van der Waals surface area contributed by atoms with Crippen LogP contribution >= 0.6 is 22.7 Å². The molecule has 11 aromatic rings. The van der Waals surface area contributed by atoms with E-state index in [1.54, 1.807) is 0 Å². The summed E-state index contributed by atoms with van der Waals surface area (Å²) in [5, 5.41) is 7.65. The lowest BCUT2D eigenvalue weighted by atomic mass is 9.98. The Morgan fingerprint density at radius 3 is 1.64 bits per heavy atom. The average Bonchev–Trinajstić information content (AvgIpc) is 3.83. The summed E-state index contributed by atoms with van der Waals surface area (Å²) in [6.07, 6.45) is 0. The molecule has 0 N–H and O–H groups in total. The number of rotatable bonds is 6. The zero-order valence-electron chi connectivity index (χ0n) is 29.8. The fourth-order valence-electron chi connectivity index (χ4n) is 8.15. The summed E-state index contributed by atoms with van der Waals surface area (Å²) in [6, 6.07) is 73.5. The molecule has 1 nitrogen and oxygen atoms in total. The Balaban J connectivity index is 1.12. The second-order valence-electron chi connectivity index (χ2n) is 14.1. The summed E-state index contributed by atoms with van der Waals surface area (Å²) in [5.74, 6) is 0. The predicted molar refractivity (Wildman–Crippen MR) is 241 cm³/mol. The highest BCUT2D eigenvalue weighted by atomic mass is 32.1. The third kappa shape index (κ3) is 5.51. The van der Waals surface area contributed by atoms with Gasteiger partial charge >= 0.3 is 0 Å². The second kappa shape index (κ2) is 13.1. The molecule has 0 saturated heterocycles. The standard InChI is InChI=1S/C52H33NS2/c1-3-11-34(12-4-1)37-19-20-39-32-42(27-23-38(39)31-37)53(41-25-21-35(22-26-41)40-24-30-50-47(33-40)45-16-8-9-17-48(45)54-50)51-43(36-13-5-2-6-14-36)28-29-46-44-15-7-10-18-49(44)55-52(46)51/h1-33H. The summed E-state index contributed by atoms with van der Waals surface area (Å²) >= 11 is 3.74. The van der Waals surface area contributed by atoms with Crippen molar-refractivity contribution in [2.45, 2.75) is 0 Å². The largest absolute Gasteiger partial charge is 0.308 e. The molecular weight excluding hydrogens is 703 g/mol. The fourth-order valence-corrected chi connectivity index (χ4v) is 10.5. The number of nitrogens with zero attached hydrogens (tertiary/aromatic N) is 1. The number of hydrogen-bond acceptors (Lipinski definition) is 3. The number of anilines is 3. The molecule has 11 rings (SSSR count). The van der Waals surface area contributed by atoms with Crippen molar-refractivity contribution in [3.8, 4) is 33.4 Å². The quantitative estimate of drug-likeness (QED) is 0.164. The van der Waals surface area contributed by atoms with Gasteiger partial charge in [-0.05, 0) is 93.2 Å². The van der Waals surface area contributed by atoms with Crippen LogP contribution in [0.1, 0.15) is 0 Å². The molecule has 0 aliphatic rings. The first-order valence-electron chi connectivity index (χ1n) is 18.7. The molecule has 0 atom stereocenters. The number of hydrogen-bond donors (Lipinski definition) is 0. The van der Waals surface area contributed by atoms with E-state index in [1.165, 1.54) is 90.2 Å². The van der Waals surface area contributed by atoms with Crippen molar-refractivity contribution in [1.82, 2.24) is 0 Å². The summed E-state index contributed by atoms with van der Waals surface area (Å²) < 4.78 is 5.23. The van der Waals surface area contributed by atoms with Crippen LogP contribution in [0.25, 0.3) is 84.5 Å². The third-order valence-corrected chi connectivity index (χ3v) is 13.2. The second-order valence-corrected chi connectivity index (χ2v) is 16.2. The van der Waals surface area contributed by atoms with E-state index >= 15 is 0 Å². The van der Waals surface area contributed by atoms with E-state index in [0.29, 0.717) is 0 Å². The molecule has 0 unspecified atom stereocenters. The highest BCUT2D eigenvalue weighted by molar-refractivity contribution is 7.26. The predicted octanol–water partition coefficient (Wildman–Crippen LogP) is 16.0. The zero-order chi connectivity index (χ0) is 36.3. The molecule has 0 spiro atoms. The van der Waals surface area contributed by atoms with Gasteiger partial charge in [0, 0.05) is 52.6 Å². The topological polar surface area (TPSA) is 3.24 Å². The molecule has 0 aliphatic carbocycles. The minimum Gasteiger partial charge on any atom is -0.308 e. The summed E-state index contributed by atoms with van der Waals surface area (Å²) in [6.45, 7) is 0. The Kier molecular flexibility index (Phi) is 7.61. The van der Waals surface area contributed by atoms with Crippen LogP contribution in [0.5, 0.6) is 0 Å². The highest BCUT2D eigenvalue weighted by Gasteiger charge is 2.23. The fraction of sp³-hybridized carbons (Fsp3) is 0. The van der Waals surface area contributed by atoms with E-state index in [9.17, 15) is 0 Å². The van der Waals surface area contributed by atoms with Gasteiger partial charge in [-0.3, -0.25) is 0 Å². The van der Waals surface area contributed by atoms with Crippen molar-refractivity contribution in [2.75, 3.05) is 4.90 Å². The van der Waals surface area contributed by atoms with Crippen molar-refractivity contribution in [3.05, 3.63) is 200 Å².